The zero-order valence-electron chi connectivity index (χ0n) is 14.3. The number of hydrogen-bond acceptors (Lipinski definition) is 6. The highest BCUT2D eigenvalue weighted by atomic mass is 32.2. The van der Waals surface area contributed by atoms with Crippen LogP contribution in [0.25, 0.3) is 0 Å². The molecule has 4 rings (SSSR count). The van der Waals surface area contributed by atoms with Crippen LogP contribution in [0.4, 0.5) is 11.4 Å². The van der Waals surface area contributed by atoms with Gasteiger partial charge in [-0.25, -0.2) is 9.97 Å². The van der Waals surface area contributed by atoms with E-state index < -0.39 is 15.4 Å². The molecule has 1 aliphatic heterocycles. The minimum Gasteiger partial charge on any atom is -0.340 e. The van der Waals surface area contributed by atoms with Crippen molar-refractivity contribution in [2.45, 2.75) is 21.5 Å². The fourth-order valence-electron chi connectivity index (χ4n) is 3.16. The van der Waals surface area contributed by atoms with Gasteiger partial charge in [0.1, 0.15) is 11.1 Å². The van der Waals surface area contributed by atoms with Gasteiger partial charge in [0.25, 0.3) is 10.1 Å². The van der Waals surface area contributed by atoms with Crippen molar-refractivity contribution in [2.75, 3.05) is 11.4 Å². The largest absolute Gasteiger partial charge is 0.340 e. The van der Waals surface area contributed by atoms with E-state index in [4.69, 9.17) is 0 Å². The molecule has 3 aromatic rings. The van der Waals surface area contributed by atoms with Crippen LogP contribution in [-0.2, 0) is 10.1 Å². The Kier molecular flexibility index (Phi) is 4.86. The average Bonchev–Trinajstić information content (AvgIpc) is 2.67. The lowest BCUT2D eigenvalue weighted by Gasteiger charge is -2.33. The number of fused-ring (bicyclic) bond motifs is 2. The highest BCUT2D eigenvalue weighted by molar-refractivity contribution is 7.99. The van der Waals surface area contributed by atoms with Crippen LogP contribution in [0.15, 0.2) is 76.8 Å². The van der Waals surface area contributed by atoms with Gasteiger partial charge in [0.15, 0.2) is 0 Å². The second kappa shape index (κ2) is 7.30. The number of benzene rings is 2. The summed E-state index contributed by atoms with van der Waals surface area (Å²) in [4.78, 5) is 12.3. The molecule has 0 bridgehead atoms. The Bertz CT molecular complexity index is 1010. The topological polar surface area (TPSA) is 83.4 Å². The molecule has 1 aromatic heterocycles. The molecule has 138 valence electrons. The van der Waals surface area contributed by atoms with Gasteiger partial charge in [0, 0.05) is 28.7 Å². The minimum absolute atomic E-state index is 0.105. The Balaban J connectivity index is 1.68. The number of hydrogen-bond donors (Lipinski definition) is 1. The van der Waals surface area contributed by atoms with Crippen molar-refractivity contribution < 1.29 is 13.0 Å². The third-order valence-electron chi connectivity index (χ3n) is 4.38. The van der Waals surface area contributed by atoms with Crippen molar-refractivity contribution in [2.24, 2.45) is 0 Å². The van der Waals surface area contributed by atoms with E-state index >= 15 is 0 Å². The van der Waals surface area contributed by atoms with Crippen LogP contribution in [0.3, 0.4) is 0 Å². The van der Waals surface area contributed by atoms with Gasteiger partial charge in [-0.3, -0.25) is 4.55 Å². The van der Waals surface area contributed by atoms with Crippen molar-refractivity contribution in [3.8, 4) is 0 Å². The summed E-state index contributed by atoms with van der Waals surface area (Å²) in [6.45, 7) is 0.400. The molecule has 1 unspecified atom stereocenters. The first-order valence-electron chi connectivity index (χ1n) is 8.41. The van der Waals surface area contributed by atoms with Gasteiger partial charge in [-0.05, 0) is 36.8 Å². The quantitative estimate of drug-likeness (QED) is 0.647. The van der Waals surface area contributed by atoms with Crippen molar-refractivity contribution in [3.05, 3.63) is 72.8 Å². The zero-order valence-corrected chi connectivity index (χ0v) is 15.9. The average molecular weight is 399 g/mol. The van der Waals surface area contributed by atoms with E-state index in [2.05, 4.69) is 14.9 Å². The molecule has 1 N–H and O–H groups in total. The lowest BCUT2D eigenvalue weighted by molar-refractivity contribution is 0.461. The molecule has 0 fully saturated rings. The molecule has 27 heavy (non-hydrogen) atoms. The van der Waals surface area contributed by atoms with Crippen LogP contribution in [0.2, 0.25) is 0 Å². The second-order valence-corrected chi connectivity index (χ2v) is 8.77. The van der Waals surface area contributed by atoms with E-state index in [0.717, 1.165) is 21.2 Å². The van der Waals surface area contributed by atoms with Gasteiger partial charge >= 0.3 is 0 Å². The molecule has 6 nitrogen and oxygen atoms in total. The monoisotopic (exact) mass is 399 g/mol. The maximum absolute atomic E-state index is 11.9. The highest BCUT2D eigenvalue weighted by Gasteiger charge is 2.30. The number of aromatic nitrogens is 2. The molecule has 0 aliphatic carbocycles. The molecule has 1 atom stereocenters. The first kappa shape index (κ1) is 18.0. The maximum atomic E-state index is 11.9. The van der Waals surface area contributed by atoms with Gasteiger partial charge < -0.3 is 4.90 Å². The minimum atomic E-state index is -4.33. The van der Waals surface area contributed by atoms with Gasteiger partial charge in [0.05, 0.1) is 11.4 Å². The number of nitrogens with zero attached hydrogens (tertiary/aromatic N) is 3. The molecule has 0 spiro atoms. The molecule has 0 saturated carbocycles. The van der Waals surface area contributed by atoms with Crippen molar-refractivity contribution in [1.29, 1.82) is 0 Å². The summed E-state index contributed by atoms with van der Waals surface area (Å²) in [5.74, 6) is 0.105. The first-order chi connectivity index (χ1) is 13.0. The predicted octanol–water partition coefficient (Wildman–Crippen LogP) is 4.10. The first-order valence-corrected chi connectivity index (χ1v) is 10.7. The van der Waals surface area contributed by atoms with E-state index in [-0.39, 0.29) is 12.2 Å². The molecule has 8 heteroatoms. The summed E-state index contributed by atoms with van der Waals surface area (Å²) in [6, 6.07) is 17.6. The number of rotatable bonds is 5. The molecule has 0 amide bonds. The third-order valence-corrected chi connectivity index (χ3v) is 6.68. The second-order valence-electron chi connectivity index (χ2n) is 6.09. The molecular formula is C19H17N3O3S2. The van der Waals surface area contributed by atoms with E-state index in [9.17, 15) is 13.0 Å². The van der Waals surface area contributed by atoms with Gasteiger partial charge in [0.2, 0.25) is 0 Å². The fraction of sp³-hybridized carbons (Fsp3) is 0.158. The molecule has 1 aliphatic rings. The van der Waals surface area contributed by atoms with Crippen LogP contribution in [0.5, 0.6) is 0 Å². The normalized spacial score (nSPS) is 14.3. The summed E-state index contributed by atoms with van der Waals surface area (Å²) in [5, 5.41) is -1.17. The summed E-state index contributed by atoms with van der Waals surface area (Å²) in [7, 11) is -4.33. The zero-order chi connectivity index (χ0) is 18.9. The molecule has 0 radical (unpaired) electrons. The smallest absolute Gasteiger partial charge is 0.275 e. The lowest BCUT2D eigenvalue weighted by Crippen LogP contribution is -2.26. The van der Waals surface area contributed by atoms with Crippen molar-refractivity contribution >= 4 is 33.3 Å². The highest BCUT2D eigenvalue weighted by Crippen LogP contribution is 2.48. The van der Waals surface area contributed by atoms with Crippen LogP contribution < -0.4 is 4.90 Å². The van der Waals surface area contributed by atoms with Gasteiger partial charge in [-0.1, -0.05) is 36.0 Å². The summed E-state index contributed by atoms with van der Waals surface area (Å²) < 4.78 is 33.6. The SMILES string of the molecule is O=S(=O)(O)C(CCN1c2ccccc2Sc2ccccc21)c1ncccn1. The Morgan fingerprint density at radius 1 is 0.926 bits per heavy atom. The van der Waals surface area contributed by atoms with Gasteiger partial charge in [-0.2, -0.15) is 8.42 Å². The maximum Gasteiger partial charge on any atom is 0.275 e. The molecule has 2 aromatic carbocycles. The number of para-hydroxylation sites is 2. The predicted molar refractivity (Wildman–Crippen MR) is 105 cm³/mol. The fourth-order valence-corrected chi connectivity index (χ4v) is 5.04. The van der Waals surface area contributed by atoms with Crippen LogP contribution in [0, 0.1) is 0 Å². The Hall–Kier alpha value is -2.42. The Morgan fingerprint density at radius 3 is 2.04 bits per heavy atom. The van der Waals surface area contributed by atoms with Crippen molar-refractivity contribution in [1.82, 2.24) is 9.97 Å². The van der Waals surface area contributed by atoms with E-state index in [1.165, 1.54) is 12.4 Å². The summed E-state index contributed by atoms with van der Waals surface area (Å²) >= 11 is 1.69. The molecule has 0 saturated heterocycles. The Morgan fingerprint density at radius 2 is 1.48 bits per heavy atom. The lowest BCUT2D eigenvalue weighted by atomic mass is 10.2. The van der Waals surface area contributed by atoms with E-state index in [0.29, 0.717) is 6.54 Å². The van der Waals surface area contributed by atoms with Crippen LogP contribution in [-0.4, -0.2) is 29.5 Å². The van der Waals surface area contributed by atoms with Crippen LogP contribution >= 0.6 is 11.8 Å². The third kappa shape index (κ3) is 3.69. The summed E-state index contributed by atoms with van der Waals surface area (Å²) in [6.07, 6.45) is 3.11. The molecular weight excluding hydrogens is 382 g/mol. The van der Waals surface area contributed by atoms with Crippen molar-refractivity contribution in [3.63, 3.8) is 0 Å². The van der Waals surface area contributed by atoms with Crippen LogP contribution in [0.1, 0.15) is 17.5 Å². The summed E-state index contributed by atoms with van der Waals surface area (Å²) in [5.41, 5.74) is 2.04. The van der Waals surface area contributed by atoms with E-state index in [1.807, 2.05) is 48.5 Å². The van der Waals surface area contributed by atoms with E-state index in [1.54, 1.807) is 17.8 Å². The standard InChI is InChI=1S/C19H17N3O3S2/c23-27(24,25)18(19-20-11-5-12-21-19)10-13-22-14-6-1-3-8-16(14)26-17-9-4-2-7-15(17)22/h1-9,11-12,18H,10,13H2,(H,23,24,25). The number of anilines is 2. The van der Waals surface area contributed by atoms with Gasteiger partial charge in [-0.15, -0.1) is 0 Å². The molecule has 2 heterocycles. The Labute approximate surface area is 162 Å².